The van der Waals surface area contributed by atoms with Crippen LogP contribution in [0.2, 0.25) is 0 Å². The van der Waals surface area contributed by atoms with Crippen LogP contribution < -0.4 is 0 Å². The molecular weight excluding hydrogens is 292 g/mol. The molecule has 1 N–H and O–H groups in total. The van der Waals surface area contributed by atoms with Gasteiger partial charge in [-0.3, -0.25) is 4.79 Å². The Morgan fingerprint density at radius 3 is 2.48 bits per heavy atom. The van der Waals surface area contributed by atoms with Gasteiger partial charge in [-0.15, -0.1) is 0 Å². The minimum absolute atomic E-state index is 0.0155. The van der Waals surface area contributed by atoms with Crippen molar-refractivity contribution in [1.82, 2.24) is 0 Å². The Balaban J connectivity index is 2.00. The van der Waals surface area contributed by atoms with E-state index in [-0.39, 0.29) is 36.4 Å². The fourth-order valence-electron chi connectivity index (χ4n) is 2.84. The third-order valence-electron chi connectivity index (χ3n) is 4.26. The van der Waals surface area contributed by atoms with Gasteiger partial charge in [0.1, 0.15) is 5.25 Å². The second-order valence-electron chi connectivity index (χ2n) is 5.78. The van der Waals surface area contributed by atoms with Crippen LogP contribution in [0.25, 0.3) is 0 Å². The minimum Gasteiger partial charge on any atom is -0.481 e. The number of hydrogen-bond acceptors (Lipinski definition) is 4. The third-order valence-corrected chi connectivity index (χ3v) is 6.39. The lowest BCUT2D eigenvalue weighted by Gasteiger charge is -2.28. The first-order valence-corrected chi connectivity index (χ1v) is 8.67. The molecule has 0 aromatic heterocycles. The van der Waals surface area contributed by atoms with Crippen LogP contribution in [0.3, 0.4) is 0 Å². The predicted octanol–water partition coefficient (Wildman–Crippen LogP) is 1.83. The van der Waals surface area contributed by atoms with Gasteiger partial charge in [0.15, 0.2) is 9.84 Å². The van der Waals surface area contributed by atoms with E-state index in [1.165, 1.54) is 0 Å². The van der Waals surface area contributed by atoms with E-state index in [2.05, 4.69) is 0 Å². The largest absolute Gasteiger partial charge is 0.481 e. The molecule has 2 fully saturated rings. The van der Waals surface area contributed by atoms with Gasteiger partial charge < -0.3 is 9.84 Å². The second kappa shape index (κ2) is 5.42. The summed E-state index contributed by atoms with van der Waals surface area (Å²) in [6.07, 6.45) is 1.93. The van der Waals surface area contributed by atoms with Crippen LogP contribution in [0.4, 0.5) is 0 Å². The highest BCUT2D eigenvalue weighted by Gasteiger charge is 2.40. The highest BCUT2D eigenvalue weighted by Crippen LogP contribution is 2.46. The van der Waals surface area contributed by atoms with Gasteiger partial charge >= 0.3 is 5.97 Å². The molecule has 1 heterocycles. The van der Waals surface area contributed by atoms with Crippen molar-refractivity contribution in [2.45, 2.75) is 35.3 Å². The zero-order valence-electron chi connectivity index (χ0n) is 11.6. The Morgan fingerprint density at radius 1 is 1.29 bits per heavy atom. The SMILES string of the molecule is O=C(O)CC(c1ccccc1S(=O)(=O)C1COC1)C1CC1. The van der Waals surface area contributed by atoms with Crippen molar-refractivity contribution < 1.29 is 23.1 Å². The maximum atomic E-state index is 12.6. The van der Waals surface area contributed by atoms with E-state index in [4.69, 9.17) is 9.84 Å². The molecule has 1 aromatic carbocycles. The molecule has 114 valence electrons. The number of benzene rings is 1. The number of carboxylic acids is 1. The number of sulfone groups is 1. The summed E-state index contributed by atoms with van der Waals surface area (Å²) in [7, 11) is -3.44. The summed E-state index contributed by atoms with van der Waals surface area (Å²) in [6, 6.07) is 6.84. The van der Waals surface area contributed by atoms with Crippen LogP contribution >= 0.6 is 0 Å². The molecule has 6 heteroatoms. The lowest BCUT2D eigenvalue weighted by molar-refractivity contribution is -0.137. The van der Waals surface area contributed by atoms with Gasteiger partial charge in [-0.1, -0.05) is 18.2 Å². The summed E-state index contributed by atoms with van der Waals surface area (Å²) in [6.45, 7) is 0.452. The highest BCUT2D eigenvalue weighted by atomic mass is 32.2. The van der Waals surface area contributed by atoms with Gasteiger partial charge in [0.25, 0.3) is 0 Å². The molecule has 1 saturated heterocycles. The van der Waals surface area contributed by atoms with Crippen molar-refractivity contribution in [3.63, 3.8) is 0 Å². The molecule has 0 bridgehead atoms. The molecule has 2 aliphatic rings. The number of hydrogen-bond donors (Lipinski definition) is 1. The van der Waals surface area contributed by atoms with E-state index in [1.807, 2.05) is 0 Å². The molecular formula is C15H18O5S. The van der Waals surface area contributed by atoms with Crippen LogP contribution in [0.15, 0.2) is 29.2 Å². The van der Waals surface area contributed by atoms with Gasteiger partial charge in [-0.05, 0) is 36.3 Å². The Hall–Kier alpha value is -1.40. The van der Waals surface area contributed by atoms with Crippen LogP contribution in [0.1, 0.15) is 30.7 Å². The normalized spacial score (nSPS) is 20.8. The molecule has 1 aromatic rings. The van der Waals surface area contributed by atoms with Gasteiger partial charge in [-0.2, -0.15) is 0 Å². The van der Waals surface area contributed by atoms with Crippen molar-refractivity contribution in [2.24, 2.45) is 5.92 Å². The molecule has 1 atom stereocenters. The van der Waals surface area contributed by atoms with Crippen molar-refractivity contribution in [1.29, 1.82) is 0 Å². The van der Waals surface area contributed by atoms with E-state index in [1.54, 1.807) is 24.3 Å². The topological polar surface area (TPSA) is 80.7 Å². The van der Waals surface area contributed by atoms with E-state index >= 15 is 0 Å². The number of ether oxygens (including phenoxy) is 1. The molecule has 1 saturated carbocycles. The van der Waals surface area contributed by atoms with Crippen molar-refractivity contribution in [2.75, 3.05) is 13.2 Å². The smallest absolute Gasteiger partial charge is 0.303 e. The molecule has 0 radical (unpaired) electrons. The predicted molar refractivity (Wildman–Crippen MR) is 76.0 cm³/mol. The number of rotatable bonds is 6. The van der Waals surface area contributed by atoms with Crippen LogP contribution in [-0.4, -0.2) is 38.0 Å². The molecule has 1 aliphatic carbocycles. The van der Waals surface area contributed by atoms with E-state index in [0.29, 0.717) is 5.56 Å². The molecule has 21 heavy (non-hydrogen) atoms. The van der Waals surface area contributed by atoms with Crippen LogP contribution in [0.5, 0.6) is 0 Å². The van der Waals surface area contributed by atoms with Crippen LogP contribution in [-0.2, 0) is 19.4 Å². The quantitative estimate of drug-likeness (QED) is 0.867. The molecule has 1 unspecified atom stereocenters. The first-order chi connectivity index (χ1) is 10.00. The fourth-order valence-corrected chi connectivity index (χ4v) is 4.56. The van der Waals surface area contributed by atoms with Gasteiger partial charge in [-0.25, -0.2) is 8.42 Å². The molecule has 0 amide bonds. The average molecular weight is 310 g/mol. The highest BCUT2D eigenvalue weighted by molar-refractivity contribution is 7.92. The second-order valence-corrected chi connectivity index (χ2v) is 7.98. The molecule has 0 spiro atoms. The maximum absolute atomic E-state index is 12.6. The Labute approximate surface area is 123 Å². The lowest BCUT2D eigenvalue weighted by Crippen LogP contribution is -2.41. The van der Waals surface area contributed by atoms with Gasteiger partial charge in [0.2, 0.25) is 0 Å². The fraction of sp³-hybridized carbons (Fsp3) is 0.533. The summed E-state index contributed by atoms with van der Waals surface area (Å²) < 4.78 is 30.3. The molecule has 3 rings (SSSR count). The monoisotopic (exact) mass is 310 g/mol. The Morgan fingerprint density at radius 2 is 1.95 bits per heavy atom. The Bertz CT molecular complexity index is 644. The number of carboxylic acid groups (broad SMARTS) is 1. The van der Waals surface area contributed by atoms with Crippen LogP contribution in [0, 0.1) is 5.92 Å². The summed E-state index contributed by atoms with van der Waals surface area (Å²) in [4.78, 5) is 11.4. The first-order valence-electron chi connectivity index (χ1n) is 7.12. The standard InChI is InChI=1S/C15H18O5S/c16-15(17)7-13(10-5-6-10)12-3-1-2-4-14(12)21(18,19)11-8-20-9-11/h1-4,10-11,13H,5-9H2,(H,16,17). The van der Waals surface area contributed by atoms with Gasteiger partial charge in [0, 0.05) is 0 Å². The van der Waals surface area contributed by atoms with E-state index < -0.39 is 21.1 Å². The zero-order chi connectivity index (χ0) is 15.0. The summed E-state index contributed by atoms with van der Waals surface area (Å²) in [5.74, 6) is -0.810. The zero-order valence-corrected chi connectivity index (χ0v) is 12.4. The summed E-state index contributed by atoms with van der Waals surface area (Å²) >= 11 is 0. The lowest BCUT2D eigenvalue weighted by atomic mass is 9.91. The third kappa shape index (κ3) is 2.82. The average Bonchev–Trinajstić information content (AvgIpc) is 3.17. The minimum atomic E-state index is -3.44. The van der Waals surface area contributed by atoms with Crippen molar-refractivity contribution in [3.8, 4) is 0 Å². The van der Waals surface area contributed by atoms with E-state index in [9.17, 15) is 13.2 Å². The molecule has 1 aliphatic heterocycles. The Kier molecular flexibility index (Phi) is 3.75. The summed E-state index contributed by atoms with van der Waals surface area (Å²) in [5.41, 5.74) is 0.661. The first kappa shape index (κ1) is 14.5. The van der Waals surface area contributed by atoms with Crippen molar-refractivity contribution >= 4 is 15.8 Å². The number of carbonyl (C=O) groups is 1. The summed E-state index contributed by atoms with van der Waals surface area (Å²) in [5, 5.41) is 8.62. The van der Waals surface area contributed by atoms with Crippen molar-refractivity contribution in [3.05, 3.63) is 29.8 Å². The number of aliphatic carboxylic acids is 1. The van der Waals surface area contributed by atoms with Gasteiger partial charge in [0.05, 0.1) is 24.5 Å². The van der Waals surface area contributed by atoms with E-state index in [0.717, 1.165) is 12.8 Å². The molecule has 5 nitrogen and oxygen atoms in total. The maximum Gasteiger partial charge on any atom is 0.303 e.